The van der Waals surface area contributed by atoms with Crippen molar-refractivity contribution >= 4 is 28.3 Å². The average molecular weight is 348 g/mol. The van der Waals surface area contributed by atoms with E-state index in [-0.39, 0.29) is 29.3 Å². The minimum atomic E-state index is -3.63. The summed E-state index contributed by atoms with van der Waals surface area (Å²) in [6.07, 6.45) is 1.22. The molecule has 8 heteroatoms. The van der Waals surface area contributed by atoms with Crippen molar-refractivity contribution in [2.24, 2.45) is 5.73 Å². The van der Waals surface area contributed by atoms with E-state index in [1.165, 1.54) is 4.31 Å². The molecule has 0 aliphatic carbocycles. The number of hydrogen-bond acceptors (Lipinski definition) is 4. The van der Waals surface area contributed by atoms with E-state index >= 15 is 0 Å². The van der Waals surface area contributed by atoms with Gasteiger partial charge in [-0.05, 0) is 31.9 Å². The summed E-state index contributed by atoms with van der Waals surface area (Å²) in [6, 6.07) is 7.39. The lowest BCUT2D eigenvalue weighted by molar-refractivity contribution is -0.124. The monoisotopic (exact) mass is 347 g/mol. The highest BCUT2D eigenvalue weighted by atomic mass is 35.5. The fourth-order valence-electron chi connectivity index (χ4n) is 2.42. The van der Waals surface area contributed by atoms with Crippen LogP contribution < -0.4 is 11.1 Å². The van der Waals surface area contributed by atoms with Crippen molar-refractivity contribution in [1.82, 2.24) is 9.62 Å². The van der Waals surface area contributed by atoms with E-state index in [0.717, 1.165) is 0 Å². The minimum Gasteiger partial charge on any atom is -0.351 e. The maximum absolute atomic E-state index is 12.6. The van der Waals surface area contributed by atoms with E-state index in [1.807, 2.05) is 0 Å². The van der Waals surface area contributed by atoms with Crippen LogP contribution in [-0.2, 0) is 14.8 Å². The molecular formula is C14H22ClN3O3S. The van der Waals surface area contributed by atoms with Crippen LogP contribution in [0.5, 0.6) is 0 Å². The molecule has 124 valence electrons. The average Bonchev–Trinajstić information content (AvgIpc) is 2.98. The number of amides is 1. The highest BCUT2D eigenvalue weighted by Gasteiger charge is 2.39. The quantitative estimate of drug-likeness (QED) is 0.821. The lowest BCUT2D eigenvalue weighted by Crippen LogP contribution is -2.49. The lowest BCUT2D eigenvalue weighted by atomic mass is 10.2. The molecule has 1 aromatic rings. The predicted molar refractivity (Wildman–Crippen MR) is 87.3 cm³/mol. The molecule has 3 N–H and O–H groups in total. The van der Waals surface area contributed by atoms with Crippen LogP contribution >= 0.6 is 12.4 Å². The van der Waals surface area contributed by atoms with Gasteiger partial charge in [0.25, 0.3) is 0 Å². The third-order valence-electron chi connectivity index (χ3n) is 3.60. The van der Waals surface area contributed by atoms with E-state index in [1.54, 1.807) is 37.3 Å². The first kappa shape index (κ1) is 18.9. The summed E-state index contributed by atoms with van der Waals surface area (Å²) in [6.45, 7) is 2.49. The first-order valence-corrected chi connectivity index (χ1v) is 8.48. The molecule has 1 aliphatic rings. The lowest BCUT2D eigenvalue weighted by Gasteiger charge is -2.24. The number of halogens is 1. The van der Waals surface area contributed by atoms with Crippen LogP contribution in [0.2, 0.25) is 0 Å². The number of carbonyl (C=O) groups is 1. The van der Waals surface area contributed by atoms with E-state index in [2.05, 4.69) is 5.32 Å². The molecule has 1 aliphatic heterocycles. The van der Waals surface area contributed by atoms with Gasteiger partial charge in [-0.25, -0.2) is 8.42 Å². The Balaban J connectivity index is 0.00000242. The second kappa shape index (κ2) is 7.92. The SMILES string of the molecule is C[C@@H](CN)NC(=O)C1CCCN1S(=O)(=O)c1ccccc1.Cl. The molecule has 1 amide bonds. The number of nitrogens with one attached hydrogen (secondary N) is 1. The summed E-state index contributed by atoms with van der Waals surface area (Å²) in [7, 11) is -3.63. The molecule has 1 heterocycles. The highest BCUT2D eigenvalue weighted by molar-refractivity contribution is 7.89. The molecule has 0 spiro atoms. The summed E-state index contributed by atoms with van der Waals surface area (Å²) in [5, 5.41) is 2.75. The normalized spacial score (nSPS) is 20.2. The van der Waals surface area contributed by atoms with Gasteiger partial charge in [-0.1, -0.05) is 18.2 Å². The maximum Gasteiger partial charge on any atom is 0.243 e. The number of rotatable bonds is 5. The standard InChI is InChI=1S/C14H21N3O3S.ClH/c1-11(10-15)16-14(18)13-8-5-9-17(13)21(19,20)12-6-3-2-4-7-12;/h2-4,6-7,11,13H,5,8-10,15H2,1H3,(H,16,18);1H/t11-,13?;/m0./s1. The molecule has 0 radical (unpaired) electrons. The molecule has 2 atom stereocenters. The van der Waals surface area contributed by atoms with E-state index < -0.39 is 16.1 Å². The molecule has 1 aromatic carbocycles. The van der Waals surface area contributed by atoms with Gasteiger partial charge in [0.2, 0.25) is 15.9 Å². The van der Waals surface area contributed by atoms with E-state index in [0.29, 0.717) is 25.9 Å². The van der Waals surface area contributed by atoms with Crippen LogP contribution in [0.25, 0.3) is 0 Å². The highest BCUT2D eigenvalue weighted by Crippen LogP contribution is 2.26. The van der Waals surface area contributed by atoms with Gasteiger partial charge in [-0.2, -0.15) is 4.31 Å². The summed E-state index contributed by atoms with van der Waals surface area (Å²) in [5.41, 5.74) is 5.48. The number of sulfonamides is 1. The largest absolute Gasteiger partial charge is 0.351 e. The van der Waals surface area contributed by atoms with Crippen molar-refractivity contribution in [2.45, 2.75) is 36.7 Å². The Hall–Kier alpha value is -1.15. The van der Waals surface area contributed by atoms with Gasteiger partial charge in [0.15, 0.2) is 0 Å². The number of nitrogens with zero attached hydrogens (tertiary/aromatic N) is 1. The molecule has 0 bridgehead atoms. The number of hydrogen-bond donors (Lipinski definition) is 2. The van der Waals surface area contributed by atoms with Crippen LogP contribution in [0.1, 0.15) is 19.8 Å². The second-order valence-electron chi connectivity index (χ2n) is 5.23. The Bertz CT molecular complexity index is 595. The van der Waals surface area contributed by atoms with Crippen LogP contribution in [-0.4, -0.2) is 43.8 Å². The molecule has 0 aromatic heterocycles. The number of benzene rings is 1. The predicted octanol–water partition coefficient (Wildman–Crippen LogP) is 0.725. The van der Waals surface area contributed by atoms with Crippen molar-refractivity contribution in [2.75, 3.05) is 13.1 Å². The van der Waals surface area contributed by atoms with E-state index in [9.17, 15) is 13.2 Å². The van der Waals surface area contributed by atoms with Crippen molar-refractivity contribution in [1.29, 1.82) is 0 Å². The molecule has 1 fully saturated rings. The summed E-state index contributed by atoms with van der Waals surface area (Å²) < 4.78 is 26.5. The maximum atomic E-state index is 12.6. The van der Waals surface area contributed by atoms with Gasteiger partial charge in [0.05, 0.1) is 4.90 Å². The topological polar surface area (TPSA) is 92.5 Å². The first-order chi connectivity index (χ1) is 9.96. The van der Waals surface area contributed by atoms with Gasteiger partial charge in [-0.15, -0.1) is 12.4 Å². The third-order valence-corrected chi connectivity index (χ3v) is 5.52. The number of carbonyl (C=O) groups excluding carboxylic acids is 1. The van der Waals surface area contributed by atoms with Crippen molar-refractivity contribution in [3.05, 3.63) is 30.3 Å². The number of nitrogens with two attached hydrogens (primary N) is 1. The molecular weight excluding hydrogens is 326 g/mol. The first-order valence-electron chi connectivity index (χ1n) is 7.04. The fourth-order valence-corrected chi connectivity index (χ4v) is 4.09. The molecule has 1 unspecified atom stereocenters. The molecule has 1 saturated heterocycles. The van der Waals surface area contributed by atoms with E-state index in [4.69, 9.17) is 5.73 Å². The van der Waals surface area contributed by atoms with Gasteiger partial charge in [0, 0.05) is 19.1 Å². The second-order valence-corrected chi connectivity index (χ2v) is 7.12. The minimum absolute atomic E-state index is 0. The zero-order valence-corrected chi connectivity index (χ0v) is 14.1. The van der Waals surface area contributed by atoms with Crippen LogP contribution in [0.4, 0.5) is 0 Å². The van der Waals surface area contributed by atoms with Crippen LogP contribution in [0, 0.1) is 0 Å². The van der Waals surface area contributed by atoms with Crippen LogP contribution in [0.15, 0.2) is 35.2 Å². The Labute approximate surface area is 137 Å². The smallest absolute Gasteiger partial charge is 0.243 e. The van der Waals surface area contributed by atoms with Crippen molar-refractivity contribution in [3.63, 3.8) is 0 Å². The summed E-state index contributed by atoms with van der Waals surface area (Å²) in [4.78, 5) is 12.4. The zero-order chi connectivity index (χ0) is 15.5. The summed E-state index contributed by atoms with van der Waals surface area (Å²) in [5.74, 6) is -0.273. The zero-order valence-electron chi connectivity index (χ0n) is 12.4. The molecule has 0 saturated carbocycles. The van der Waals surface area contributed by atoms with Crippen LogP contribution in [0.3, 0.4) is 0 Å². The van der Waals surface area contributed by atoms with Gasteiger partial charge < -0.3 is 11.1 Å². The summed E-state index contributed by atoms with van der Waals surface area (Å²) >= 11 is 0. The Morgan fingerprint density at radius 2 is 2.05 bits per heavy atom. The molecule has 6 nitrogen and oxygen atoms in total. The molecule has 2 rings (SSSR count). The molecule has 22 heavy (non-hydrogen) atoms. The van der Waals surface area contributed by atoms with Crippen molar-refractivity contribution in [3.8, 4) is 0 Å². The van der Waals surface area contributed by atoms with Gasteiger partial charge in [0.1, 0.15) is 6.04 Å². The fraction of sp³-hybridized carbons (Fsp3) is 0.500. The van der Waals surface area contributed by atoms with Gasteiger partial charge >= 0.3 is 0 Å². The van der Waals surface area contributed by atoms with Crippen molar-refractivity contribution < 1.29 is 13.2 Å². The third kappa shape index (κ3) is 3.98. The van der Waals surface area contributed by atoms with Gasteiger partial charge in [-0.3, -0.25) is 4.79 Å². The Morgan fingerprint density at radius 3 is 2.64 bits per heavy atom. The Kier molecular flexibility index (Phi) is 6.80. The Morgan fingerprint density at radius 1 is 1.41 bits per heavy atom.